The van der Waals surface area contributed by atoms with Crippen LogP contribution in [0.4, 0.5) is 0 Å². The molecule has 3 N–H and O–H groups in total. The normalized spacial score (nSPS) is 11.1. The molecule has 0 saturated heterocycles. The number of hydrogen-bond donors (Lipinski definition) is 3. The fourth-order valence-corrected chi connectivity index (χ4v) is 0.726. The second kappa shape index (κ2) is 7.63. The van der Waals surface area contributed by atoms with Gasteiger partial charge in [-0.3, -0.25) is 10.1 Å². The lowest BCUT2D eigenvalue weighted by molar-refractivity contribution is -0.404. The summed E-state index contributed by atoms with van der Waals surface area (Å²) in [4.78, 5) is 9.51. The van der Waals surface area contributed by atoms with Gasteiger partial charge in [0.05, 0.1) is 11.5 Å². The molecule has 0 aliphatic heterocycles. The van der Waals surface area contributed by atoms with Gasteiger partial charge < -0.3 is 15.7 Å². The summed E-state index contributed by atoms with van der Waals surface area (Å²) in [6, 6.07) is 0. The molecule has 0 aromatic heterocycles. The van der Waals surface area contributed by atoms with E-state index in [1.807, 2.05) is 0 Å². The molecule has 6 nitrogen and oxygen atoms in total. The third-order valence-electron chi connectivity index (χ3n) is 1.07. The molecule has 0 aromatic carbocycles. The molecule has 0 spiro atoms. The number of rotatable bonds is 7. The second-order valence-corrected chi connectivity index (χ2v) is 2.47. The molecule has 0 unspecified atom stereocenters. The standard InChI is InChI=1S/C6H12ClN3O3/c7-1-2-8-6(5-10(12)13)9-3-4-11/h5,8-9,11H,1-4H2/b6-5-. The Labute approximate surface area is 80.7 Å². The van der Waals surface area contributed by atoms with Gasteiger partial charge in [-0.1, -0.05) is 0 Å². The zero-order chi connectivity index (χ0) is 10.1. The highest BCUT2D eigenvalue weighted by Crippen LogP contribution is 1.84. The summed E-state index contributed by atoms with van der Waals surface area (Å²) in [6.07, 6.45) is 0.794. The van der Waals surface area contributed by atoms with Crippen molar-refractivity contribution in [2.45, 2.75) is 0 Å². The molecular weight excluding hydrogens is 198 g/mol. The van der Waals surface area contributed by atoms with E-state index < -0.39 is 4.92 Å². The van der Waals surface area contributed by atoms with E-state index in [0.29, 0.717) is 12.4 Å². The van der Waals surface area contributed by atoms with Gasteiger partial charge in [0.1, 0.15) is 0 Å². The van der Waals surface area contributed by atoms with Gasteiger partial charge in [0.25, 0.3) is 6.20 Å². The van der Waals surface area contributed by atoms with Gasteiger partial charge in [0.2, 0.25) is 0 Å². The Morgan fingerprint density at radius 1 is 1.54 bits per heavy atom. The van der Waals surface area contributed by atoms with Crippen molar-refractivity contribution >= 4 is 11.6 Å². The van der Waals surface area contributed by atoms with Crippen LogP contribution < -0.4 is 10.6 Å². The largest absolute Gasteiger partial charge is 0.395 e. The first kappa shape index (κ1) is 12.0. The summed E-state index contributed by atoms with van der Waals surface area (Å²) >= 11 is 5.38. The minimum atomic E-state index is -0.582. The van der Waals surface area contributed by atoms with Crippen molar-refractivity contribution < 1.29 is 10.0 Å². The monoisotopic (exact) mass is 209 g/mol. The summed E-state index contributed by atoms with van der Waals surface area (Å²) < 4.78 is 0. The first-order valence-electron chi connectivity index (χ1n) is 3.70. The van der Waals surface area contributed by atoms with Crippen LogP contribution in [0.15, 0.2) is 12.0 Å². The number of aliphatic hydroxyl groups excluding tert-OH is 1. The van der Waals surface area contributed by atoms with Crippen molar-refractivity contribution in [3.8, 4) is 0 Å². The fraction of sp³-hybridized carbons (Fsp3) is 0.667. The molecule has 13 heavy (non-hydrogen) atoms. The summed E-state index contributed by atoms with van der Waals surface area (Å²) in [5, 5.41) is 23.9. The van der Waals surface area contributed by atoms with Crippen molar-refractivity contribution in [2.75, 3.05) is 25.6 Å². The Hall–Kier alpha value is -1.01. The van der Waals surface area contributed by atoms with E-state index >= 15 is 0 Å². The van der Waals surface area contributed by atoms with Crippen molar-refractivity contribution in [3.05, 3.63) is 22.1 Å². The molecule has 0 aliphatic rings. The first-order valence-corrected chi connectivity index (χ1v) is 4.24. The fourth-order valence-electron chi connectivity index (χ4n) is 0.632. The van der Waals surface area contributed by atoms with E-state index in [1.165, 1.54) is 0 Å². The van der Waals surface area contributed by atoms with E-state index in [4.69, 9.17) is 16.7 Å². The molecule has 76 valence electrons. The van der Waals surface area contributed by atoms with Gasteiger partial charge in [0.15, 0.2) is 5.82 Å². The van der Waals surface area contributed by atoms with Crippen LogP contribution in [0.2, 0.25) is 0 Å². The number of halogens is 1. The third-order valence-corrected chi connectivity index (χ3v) is 1.26. The molecule has 0 amide bonds. The molecule has 0 fully saturated rings. The first-order chi connectivity index (χ1) is 6.20. The maximum absolute atomic E-state index is 10.1. The van der Waals surface area contributed by atoms with Crippen molar-refractivity contribution in [2.24, 2.45) is 0 Å². The predicted molar refractivity (Wildman–Crippen MR) is 48.9 cm³/mol. The van der Waals surface area contributed by atoms with Gasteiger partial charge in [-0.25, -0.2) is 0 Å². The lowest BCUT2D eigenvalue weighted by Gasteiger charge is -2.08. The molecule has 0 saturated carbocycles. The third kappa shape index (κ3) is 7.35. The Bertz CT molecular complexity index is 176. The van der Waals surface area contributed by atoms with Crippen LogP contribution in [0.3, 0.4) is 0 Å². The van der Waals surface area contributed by atoms with Crippen LogP contribution in [0.1, 0.15) is 0 Å². The molecule has 0 rings (SSSR count). The topological polar surface area (TPSA) is 87.4 Å². The van der Waals surface area contributed by atoms with Crippen molar-refractivity contribution in [3.63, 3.8) is 0 Å². The van der Waals surface area contributed by atoms with E-state index in [0.717, 1.165) is 6.20 Å². The quantitative estimate of drug-likeness (QED) is 0.298. The van der Waals surface area contributed by atoms with Crippen LogP contribution in [0, 0.1) is 10.1 Å². The van der Waals surface area contributed by atoms with Gasteiger partial charge in [-0.15, -0.1) is 11.6 Å². The summed E-state index contributed by atoms with van der Waals surface area (Å²) in [5.74, 6) is 0.607. The van der Waals surface area contributed by atoms with Crippen LogP contribution in [-0.4, -0.2) is 35.6 Å². The molecule has 0 aliphatic carbocycles. The highest BCUT2D eigenvalue weighted by atomic mass is 35.5. The number of nitro groups is 1. The molecule has 7 heteroatoms. The average Bonchev–Trinajstić information content (AvgIpc) is 2.09. The Morgan fingerprint density at radius 3 is 2.62 bits per heavy atom. The highest BCUT2D eigenvalue weighted by Gasteiger charge is 1.99. The van der Waals surface area contributed by atoms with Crippen LogP contribution in [0.25, 0.3) is 0 Å². The number of nitrogens with zero attached hydrogens (tertiary/aromatic N) is 1. The molecule has 0 radical (unpaired) electrons. The lowest BCUT2D eigenvalue weighted by Crippen LogP contribution is -2.30. The van der Waals surface area contributed by atoms with E-state index in [2.05, 4.69) is 10.6 Å². The number of nitrogens with one attached hydrogen (secondary N) is 2. The summed E-state index contributed by atoms with van der Waals surface area (Å²) in [5.41, 5.74) is 0. The average molecular weight is 210 g/mol. The molecule has 0 aromatic rings. The highest BCUT2D eigenvalue weighted by molar-refractivity contribution is 6.18. The SMILES string of the molecule is O=[N+]([O-])/C=C(\NCCO)NCCCl. The lowest BCUT2D eigenvalue weighted by atomic mass is 10.6. The van der Waals surface area contributed by atoms with Gasteiger partial charge >= 0.3 is 0 Å². The second-order valence-electron chi connectivity index (χ2n) is 2.09. The predicted octanol–water partition coefficient (Wildman–Crippen LogP) is -0.528. The Kier molecular flexibility index (Phi) is 7.04. The number of aliphatic hydroxyl groups is 1. The molecular formula is C6H12ClN3O3. The molecule has 0 atom stereocenters. The van der Waals surface area contributed by atoms with E-state index in [-0.39, 0.29) is 19.0 Å². The number of alkyl halides is 1. The van der Waals surface area contributed by atoms with Gasteiger partial charge in [0, 0.05) is 19.0 Å². The number of hydrogen-bond acceptors (Lipinski definition) is 5. The van der Waals surface area contributed by atoms with Crippen LogP contribution >= 0.6 is 11.6 Å². The van der Waals surface area contributed by atoms with E-state index in [1.54, 1.807) is 0 Å². The molecule has 0 bridgehead atoms. The maximum atomic E-state index is 10.1. The Morgan fingerprint density at radius 2 is 2.15 bits per heavy atom. The summed E-state index contributed by atoms with van der Waals surface area (Å²) in [6.45, 7) is 0.603. The zero-order valence-electron chi connectivity index (χ0n) is 6.99. The zero-order valence-corrected chi connectivity index (χ0v) is 7.75. The smallest absolute Gasteiger partial charge is 0.274 e. The Balaban J connectivity index is 3.94. The van der Waals surface area contributed by atoms with Crippen LogP contribution in [-0.2, 0) is 0 Å². The molecule has 0 heterocycles. The summed E-state index contributed by atoms with van der Waals surface area (Å²) in [7, 11) is 0. The van der Waals surface area contributed by atoms with Gasteiger partial charge in [-0.05, 0) is 0 Å². The maximum Gasteiger partial charge on any atom is 0.274 e. The van der Waals surface area contributed by atoms with Crippen LogP contribution in [0.5, 0.6) is 0 Å². The van der Waals surface area contributed by atoms with E-state index in [9.17, 15) is 10.1 Å². The van der Waals surface area contributed by atoms with Crippen molar-refractivity contribution in [1.82, 2.24) is 10.6 Å². The van der Waals surface area contributed by atoms with Crippen molar-refractivity contribution in [1.29, 1.82) is 0 Å². The minimum Gasteiger partial charge on any atom is -0.395 e. The minimum absolute atomic E-state index is 0.0857. The van der Waals surface area contributed by atoms with Gasteiger partial charge in [-0.2, -0.15) is 0 Å².